The monoisotopic (exact) mass is 624 g/mol. The van der Waals surface area contributed by atoms with E-state index in [2.05, 4.69) is 6.07 Å². The minimum atomic E-state index is 0.258. The first-order chi connectivity index (χ1) is 22.5. The first-order valence-corrected chi connectivity index (χ1v) is 20.2. The van der Waals surface area contributed by atoms with Gasteiger partial charge >= 0.3 is 0 Å². The van der Waals surface area contributed by atoms with E-state index >= 15 is 0 Å². The van der Waals surface area contributed by atoms with Gasteiger partial charge in [0.2, 0.25) is 0 Å². The summed E-state index contributed by atoms with van der Waals surface area (Å²) >= 11 is 0. The van der Waals surface area contributed by atoms with Crippen LogP contribution in [0.3, 0.4) is 0 Å². The average Bonchev–Trinajstić information content (AvgIpc) is 3.93. The summed E-state index contributed by atoms with van der Waals surface area (Å²) in [5, 5.41) is 0. The van der Waals surface area contributed by atoms with Gasteiger partial charge in [-0.05, 0) is 197 Å². The Kier molecular flexibility index (Phi) is 5.69. The van der Waals surface area contributed by atoms with Crippen molar-refractivity contribution in [3.05, 3.63) is 22.8 Å². The summed E-state index contributed by atoms with van der Waals surface area (Å²) in [7, 11) is 0. The van der Waals surface area contributed by atoms with Gasteiger partial charge in [-0.1, -0.05) is 0 Å². The molecule has 46 heavy (non-hydrogen) atoms. The summed E-state index contributed by atoms with van der Waals surface area (Å²) < 4.78 is 25.8. The lowest BCUT2D eigenvalue weighted by atomic mass is 9.41. The van der Waals surface area contributed by atoms with Crippen LogP contribution < -0.4 is 9.47 Å². The number of ether oxygens (including phenoxy) is 4. The molecule has 0 amide bonds. The van der Waals surface area contributed by atoms with Crippen LogP contribution in [0.1, 0.15) is 132 Å². The fourth-order valence-corrected chi connectivity index (χ4v) is 16.3. The maximum Gasteiger partial charge on any atom is 0.165 e. The van der Waals surface area contributed by atoms with Crippen LogP contribution in [0.15, 0.2) is 6.07 Å². The number of hydrogen-bond donors (Lipinski definition) is 0. The van der Waals surface area contributed by atoms with Gasteiger partial charge in [-0.3, -0.25) is 0 Å². The molecular weight excluding hydrogens is 568 g/mol. The highest BCUT2D eigenvalue weighted by atomic mass is 16.6. The molecule has 2 aliphatic heterocycles. The van der Waals surface area contributed by atoms with Gasteiger partial charge in [0.1, 0.15) is 25.4 Å². The third kappa shape index (κ3) is 4.16. The van der Waals surface area contributed by atoms with Crippen molar-refractivity contribution in [3.8, 4) is 11.5 Å². The molecule has 14 aliphatic rings. The fourth-order valence-electron chi connectivity index (χ4n) is 16.3. The van der Waals surface area contributed by atoms with Crippen molar-refractivity contribution in [2.45, 2.75) is 144 Å². The number of rotatable bonds is 9. The first-order valence-electron chi connectivity index (χ1n) is 20.2. The van der Waals surface area contributed by atoms with Crippen LogP contribution in [0.25, 0.3) is 0 Å². The molecule has 4 nitrogen and oxygen atoms in total. The third-order valence-electron chi connectivity index (χ3n) is 16.6. The molecule has 248 valence electrons. The second kappa shape index (κ2) is 9.49. The van der Waals surface area contributed by atoms with Crippen LogP contribution in [0.5, 0.6) is 11.5 Å². The quantitative estimate of drug-likeness (QED) is 0.258. The molecule has 0 spiro atoms. The van der Waals surface area contributed by atoms with Gasteiger partial charge in [0, 0.05) is 11.0 Å². The number of hydrogen-bond acceptors (Lipinski definition) is 4. The Labute approximate surface area is 276 Å². The molecule has 12 aliphatic carbocycles. The van der Waals surface area contributed by atoms with Crippen molar-refractivity contribution in [2.24, 2.45) is 53.3 Å². The van der Waals surface area contributed by atoms with Crippen LogP contribution in [0.4, 0.5) is 0 Å². The predicted molar refractivity (Wildman–Crippen MR) is 176 cm³/mol. The molecule has 2 atom stereocenters. The predicted octanol–water partition coefficient (Wildman–Crippen LogP) is 8.65. The van der Waals surface area contributed by atoms with Crippen molar-refractivity contribution in [2.75, 3.05) is 26.4 Å². The molecular formula is C42H56O4. The van der Waals surface area contributed by atoms with Crippen molar-refractivity contribution in [1.82, 2.24) is 0 Å². The zero-order chi connectivity index (χ0) is 29.8. The Bertz CT molecular complexity index is 1330. The zero-order valence-electron chi connectivity index (χ0n) is 28.1. The van der Waals surface area contributed by atoms with E-state index in [4.69, 9.17) is 18.9 Å². The molecule has 2 heterocycles. The molecule has 2 saturated heterocycles. The Hall–Kier alpha value is -1.26. The zero-order valence-corrected chi connectivity index (χ0v) is 28.1. The van der Waals surface area contributed by atoms with Crippen LogP contribution in [-0.4, -0.2) is 38.6 Å². The lowest BCUT2D eigenvalue weighted by Gasteiger charge is -2.63. The average molecular weight is 625 g/mol. The molecule has 0 radical (unpaired) electrons. The van der Waals surface area contributed by atoms with E-state index < -0.39 is 0 Å². The van der Waals surface area contributed by atoms with E-state index in [1.54, 1.807) is 5.56 Å². The SMILES string of the molecule is c1c(OCC2CO2)c(OCC2CO2)c(C23CC4CC(CC(C4)C2)C3)c(C23CC4CC(CC(C4)C2)C3)c1C12CC3CC(CC(C3)C1)C2. The standard InChI is InChI=1S/C42H56O4/c1-24-2-26-3-25(1)12-40(11-24,13-26)35-10-36(45-22-33-20-43-33)39(46-23-34-21-44-34)38(42-17-30-7-31(18-42)9-32(8-30)19-42)37(35)41-14-27-4-28(15-41)6-29(5-27)16-41/h10,24-34H,1-9,11-23H2. The summed E-state index contributed by atoms with van der Waals surface area (Å²) in [5.74, 6) is 10.7. The van der Waals surface area contributed by atoms with E-state index in [1.807, 2.05) is 11.1 Å². The summed E-state index contributed by atoms with van der Waals surface area (Å²) in [6.07, 6.45) is 27.0. The highest BCUT2D eigenvalue weighted by Gasteiger charge is 2.61. The minimum absolute atomic E-state index is 0.258. The van der Waals surface area contributed by atoms with Crippen LogP contribution >= 0.6 is 0 Å². The van der Waals surface area contributed by atoms with Gasteiger partial charge in [0.25, 0.3) is 0 Å². The molecule has 14 fully saturated rings. The number of benzene rings is 1. The normalized spacial score (nSPS) is 52.8. The third-order valence-corrected chi connectivity index (χ3v) is 16.6. The van der Waals surface area contributed by atoms with Crippen LogP contribution in [0.2, 0.25) is 0 Å². The highest BCUT2D eigenvalue weighted by molar-refractivity contribution is 5.63. The molecule has 12 saturated carbocycles. The summed E-state index contributed by atoms with van der Waals surface area (Å²) in [6.45, 7) is 3.06. The summed E-state index contributed by atoms with van der Waals surface area (Å²) in [4.78, 5) is 0. The molecule has 2 unspecified atom stereocenters. The van der Waals surface area contributed by atoms with Crippen molar-refractivity contribution >= 4 is 0 Å². The summed E-state index contributed by atoms with van der Waals surface area (Å²) in [6, 6.07) is 2.68. The fraction of sp³-hybridized carbons (Fsp3) is 0.857. The van der Waals surface area contributed by atoms with Gasteiger partial charge in [-0.25, -0.2) is 0 Å². The molecule has 4 heteroatoms. The lowest BCUT2D eigenvalue weighted by Crippen LogP contribution is -2.55. The summed E-state index contributed by atoms with van der Waals surface area (Å²) in [5.41, 5.74) is 6.47. The van der Waals surface area contributed by atoms with Gasteiger partial charge in [0.15, 0.2) is 11.5 Å². The van der Waals surface area contributed by atoms with Crippen molar-refractivity contribution in [1.29, 1.82) is 0 Å². The van der Waals surface area contributed by atoms with Gasteiger partial charge in [0.05, 0.1) is 13.2 Å². The van der Waals surface area contributed by atoms with Crippen LogP contribution in [-0.2, 0) is 25.7 Å². The van der Waals surface area contributed by atoms with Gasteiger partial charge in [-0.15, -0.1) is 0 Å². The van der Waals surface area contributed by atoms with Gasteiger partial charge < -0.3 is 18.9 Å². The van der Waals surface area contributed by atoms with E-state index in [0.717, 1.165) is 72.2 Å². The van der Waals surface area contributed by atoms with Crippen LogP contribution in [0, 0.1) is 53.3 Å². The van der Waals surface area contributed by atoms with E-state index in [0.29, 0.717) is 24.0 Å². The second-order valence-electron chi connectivity index (χ2n) is 20.1. The topological polar surface area (TPSA) is 43.5 Å². The largest absolute Gasteiger partial charge is 0.487 e. The second-order valence-corrected chi connectivity index (χ2v) is 20.1. The van der Waals surface area contributed by atoms with Crippen molar-refractivity contribution in [3.63, 3.8) is 0 Å². The maximum absolute atomic E-state index is 7.22. The molecule has 12 bridgehead atoms. The van der Waals surface area contributed by atoms with E-state index in [9.17, 15) is 0 Å². The highest BCUT2D eigenvalue weighted by Crippen LogP contribution is 2.71. The smallest absolute Gasteiger partial charge is 0.165 e. The Morgan fingerprint density at radius 3 is 1.22 bits per heavy atom. The Balaban J connectivity index is 1.13. The molecule has 0 aromatic heterocycles. The molecule has 15 rings (SSSR count). The number of epoxide rings is 2. The Morgan fingerprint density at radius 1 is 0.478 bits per heavy atom. The van der Waals surface area contributed by atoms with E-state index in [1.165, 1.54) is 121 Å². The first kappa shape index (κ1) is 27.5. The Morgan fingerprint density at radius 2 is 0.826 bits per heavy atom. The maximum atomic E-state index is 7.22. The van der Waals surface area contributed by atoms with Gasteiger partial charge in [-0.2, -0.15) is 0 Å². The minimum Gasteiger partial charge on any atom is -0.487 e. The van der Waals surface area contributed by atoms with E-state index in [-0.39, 0.29) is 17.6 Å². The lowest BCUT2D eigenvalue weighted by molar-refractivity contribution is -0.0253. The molecule has 1 aromatic carbocycles. The molecule has 0 N–H and O–H groups in total. The van der Waals surface area contributed by atoms with Crippen molar-refractivity contribution < 1.29 is 18.9 Å². The molecule has 1 aromatic rings.